The number of benzene rings is 4. The van der Waals surface area contributed by atoms with Gasteiger partial charge in [-0.15, -0.1) is 0 Å². The number of fused-ring (bicyclic) bond motifs is 2. The van der Waals surface area contributed by atoms with Gasteiger partial charge in [-0.3, -0.25) is 9.59 Å². The third-order valence-electron chi connectivity index (χ3n) is 6.52. The van der Waals surface area contributed by atoms with Crippen molar-refractivity contribution in [1.82, 2.24) is 4.57 Å². The largest absolute Gasteiger partial charge is 0.448 e. The number of pyridine rings is 1. The second-order valence-electron chi connectivity index (χ2n) is 8.82. The molecule has 6 nitrogen and oxygen atoms in total. The van der Waals surface area contributed by atoms with Gasteiger partial charge in [0.1, 0.15) is 5.69 Å². The predicted octanol–water partition coefficient (Wildman–Crippen LogP) is 5.93. The van der Waals surface area contributed by atoms with Gasteiger partial charge < -0.3 is 14.6 Å². The van der Waals surface area contributed by atoms with E-state index in [1.54, 1.807) is 26.1 Å². The van der Waals surface area contributed by atoms with Gasteiger partial charge in [-0.2, -0.15) is 0 Å². The Labute approximate surface area is 214 Å². The quantitative estimate of drug-likeness (QED) is 0.299. The van der Waals surface area contributed by atoms with E-state index in [1.807, 2.05) is 84.9 Å². The highest BCUT2D eigenvalue weighted by molar-refractivity contribution is 6.08. The molecule has 6 heteroatoms. The van der Waals surface area contributed by atoms with Crippen LogP contribution in [0.2, 0.25) is 0 Å². The fourth-order valence-electron chi connectivity index (χ4n) is 4.66. The first-order valence-electron chi connectivity index (χ1n) is 12.2. The maximum atomic E-state index is 13.6. The summed E-state index contributed by atoms with van der Waals surface area (Å²) < 4.78 is 7.08. The molecule has 0 bridgehead atoms. The van der Waals surface area contributed by atoms with Crippen LogP contribution in [-0.4, -0.2) is 22.5 Å². The molecule has 184 valence electrons. The molecule has 0 fully saturated rings. The average Bonchev–Trinajstić information content (AvgIpc) is 2.94. The molecule has 1 amide bonds. The Morgan fingerprint density at radius 1 is 0.811 bits per heavy atom. The fraction of sp³-hybridized carbons (Fsp3) is 0.129. The van der Waals surface area contributed by atoms with Gasteiger partial charge in [0.2, 0.25) is 0 Å². The van der Waals surface area contributed by atoms with Crippen molar-refractivity contribution in [2.24, 2.45) is 7.05 Å². The fourth-order valence-corrected chi connectivity index (χ4v) is 4.66. The van der Waals surface area contributed by atoms with Gasteiger partial charge >= 0.3 is 5.97 Å². The molecule has 5 rings (SSSR count). The van der Waals surface area contributed by atoms with E-state index < -0.39 is 18.0 Å². The zero-order valence-electron chi connectivity index (χ0n) is 20.6. The minimum atomic E-state index is -1.04. The number of amides is 1. The SMILES string of the molecule is CCC(OC(=O)c1c(-c2ccccc2)c2ccccc2c(=O)n1C)C(=O)Nc1cccc2ccccc12. The molecule has 0 radical (unpaired) electrons. The monoisotopic (exact) mass is 490 g/mol. The number of nitrogens with one attached hydrogen (secondary N) is 1. The molecule has 5 aromatic rings. The highest BCUT2D eigenvalue weighted by Crippen LogP contribution is 2.31. The van der Waals surface area contributed by atoms with Crippen LogP contribution in [0.15, 0.2) is 102 Å². The Morgan fingerprint density at radius 2 is 1.43 bits per heavy atom. The summed E-state index contributed by atoms with van der Waals surface area (Å²) in [6, 6.07) is 29.9. The van der Waals surface area contributed by atoms with E-state index in [0.29, 0.717) is 22.0 Å². The number of aromatic nitrogens is 1. The molecular formula is C31H26N2O4. The summed E-state index contributed by atoms with van der Waals surface area (Å²) in [6.45, 7) is 1.78. The lowest BCUT2D eigenvalue weighted by Crippen LogP contribution is -2.34. The topological polar surface area (TPSA) is 77.4 Å². The molecule has 37 heavy (non-hydrogen) atoms. The first-order chi connectivity index (χ1) is 18.0. The Balaban J connectivity index is 1.53. The van der Waals surface area contributed by atoms with Crippen LogP contribution in [-0.2, 0) is 16.6 Å². The summed E-state index contributed by atoms with van der Waals surface area (Å²) in [5, 5.41) is 5.94. The standard InChI is InChI=1S/C31H26N2O4/c1-3-26(29(34)32-25-19-11-15-20-12-7-8-16-22(20)25)37-31(36)28-27(21-13-5-4-6-14-21)23-17-9-10-18-24(23)30(35)33(28)2/h4-19,26H,3H2,1-2H3,(H,32,34). The van der Waals surface area contributed by atoms with Crippen LogP contribution in [0.1, 0.15) is 23.8 Å². The molecule has 0 saturated carbocycles. The minimum Gasteiger partial charge on any atom is -0.448 e. The van der Waals surface area contributed by atoms with Crippen molar-refractivity contribution >= 4 is 39.1 Å². The lowest BCUT2D eigenvalue weighted by atomic mass is 9.97. The molecule has 0 saturated heterocycles. The summed E-state index contributed by atoms with van der Waals surface area (Å²) >= 11 is 0. The van der Waals surface area contributed by atoms with Crippen molar-refractivity contribution < 1.29 is 14.3 Å². The number of rotatable bonds is 6. The van der Waals surface area contributed by atoms with Crippen molar-refractivity contribution in [3.63, 3.8) is 0 Å². The molecule has 0 aliphatic carbocycles. The van der Waals surface area contributed by atoms with Crippen LogP contribution in [0.4, 0.5) is 5.69 Å². The van der Waals surface area contributed by atoms with Crippen LogP contribution in [0, 0.1) is 0 Å². The van der Waals surface area contributed by atoms with E-state index in [2.05, 4.69) is 5.32 Å². The number of anilines is 1. The van der Waals surface area contributed by atoms with E-state index in [9.17, 15) is 14.4 Å². The second-order valence-corrected chi connectivity index (χ2v) is 8.82. The minimum absolute atomic E-state index is 0.103. The van der Waals surface area contributed by atoms with Crippen LogP contribution < -0.4 is 10.9 Å². The first-order valence-corrected chi connectivity index (χ1v) is 12.2. The third kappa shape index (κ3) is 4.49. The Hall–Kier alpha value is -4.71. The van der Waals surface area contributed by atoms with Crippen molar-refractivity contribution in [3.8, 4) is 11.1 Å². The highest BCUT2D eigenvalue weighted by atomic mass is 16.5. The smallest absolute Gasteiger partial charge is 0.356 e. The van der Waals surface area contributed by atoms with Gasteiger partial charge in [0, 0.05) is 29.1 Å². The molecule has 1 aromatic heterocycles. The summed E-state index contributed by atoms with van der Waals surface area (Å²) in [4.78, 5) is 40.0. The van der Waals surface area contributed by atoms with Gasteiger partial charge in [0.05, 0.1) is 0 Å². The number of carbonyl (C=O) groups excluding carboxylic acids is 2. The van der Waals surface area contributed by atoms with Gasteiger partial charge in [-0.1, -0.05) is 91.9 Å². The average molecular weight is 491 g/mol. The van der Waals surface area contributed by atoms with E-state index >= 15 is 0 Å². The summed E-state index contributed by atoms with van der Waals surface area (Å²) in [5.41, 5.74) is 1.80. The van der Waals surface area contributed by atoms with E-state index in [0.717, 1.165) is 16.3 Å². The van der Waals surface area contributed by atoms with Crippen molar-refractivity contribution in [2.75, 3.05) is 5.32 Å². The Bertz CT molecular complexity index is 1680. The lowest BCUT2D eigenvalue weighted by molar-refractivity contribution is -0.124. The molecule has 0 aliphatic rings. The van der Waals surface area contributed by atoms with Crippen molar-refractivity contribution in [2.45, 2.75) is 19.4 Å². The van der Waals surface area contributed by atoms with Crippen molar-refractivity contribution in [3.05, 3.63) is 113 Å². The highest BCUT2D eigenvalue weighted by Gasteiger charge is 2.28. The Morgan fingerprint density at radius 3 is 2.16 bits per heavy atom. The van der Waals surface area contributed by atoms with E-state index in [1.165, 1.54) is 4.57 Å². The number of nitrogens with zero attached hydrogens (tertiary/aromatic N) is 1. The van der Waals surface area contributed by atoms with Gasteiger partial charge in [-0.05, 0) is 34.9 Å². The zero-order valence-corrected chi connectivity index (χ0v) is 20.6. The van der Waals surface area contributed by atoms with E-state index in [4.69, 9.17) is 4.74 Å². The Kier molecular flexibility index (Phi) is 6.56. The van der Waals surface area contributed by atoms with E-state index in [-0.39, 0.29) is 17.7 Å². The number of carbonyl (C=O) groups is 2. The predicted molar refractivity (Wildman–Crippen MR) is 147 cm³/mol. The number of esters is 1. The van der Waals surface area contributed by atoms with Crippen LogP contribution in [0.25, 0.3) is 32.7 Å². The molecular weight excluding hydrogens is 464 g/mol. The molecule has 0 spiro atoms. The summed E-state index contributed by atoms with van der Waals surface area (Å²) in [5.74, 6) is -1.16. The van der Waals surface area contributed by atoms with Crippen LogP contribution in [0.5, 0.6) is 0 Å². The number of hydrogen-bond donors (Lipinski definition) is 1. The molecule has 1 N–H and O–H groups in total. The van der Waals surface area contributed by atoms with Crippen molar-refractivity contribution in [1.29, 1.82) is 0 Å². The third-order valence-corrected chi connectivity index (χ3v) is 6.52. The molecule has 4 aromatic carbocycles. The van der Waals surface area contributed by atoms with Gasteiger partial charge in [0.15, 0.2) is 6.10 Å². The molecule has 1 heterocycles. The number of hydrogen-bond acceptors (Lipinski definition) is 4. The molecule has 0 aliphatic heterocycles. The second kappa shape index (κ2) is 10.1. The maximum Gasteiger partial charge on any atom is 0.356 e. The van der Waals surface area contributed by atoms with Gasteiger partial charge in [-0.25, -0.2) is 4.79 Å². The van der Waals surface area contributed by atoms with Crippen LogP contribution in [0.3, 0.4) is 0 Å². The number of ether oxygens (including phenoxy) is 1. The van der Waals surface area contributed by atoms with Gasteiger partial charge in [0.25, 0.3) is 11.5 Å². The zero-order chi connectivity index (χ0) is 25.9. The first kappa shape index (κ1) is 24.0. The summed E-state index contributed by atoms with van der Waals surface area (Å²) in [6.07, 6.45) is -0.776. The maximum absolute atomic E-state index is 13.6. The molecule has 1 atom stereocenters. The normalized spacial score (nSPS) is 11.8. The van der Waals surface area contributed by atoms with Crippen LogP contribution >= 0.6 is 0 Å². The molecule has 1 unspecified atom stereocenters. The summed E-state index contributed by atoms with van der Waals surface area (Å²) in [7, 11) is 1.55. The lowest BCUT2D eigenvalue weighted by Gasteiger charge is -2.20.